The van der Waals surface area contributed by atoms with Crippen LogP contribution >= 0.6 is 0 Å². The van der Waals surface area contributed by atoms with Gasteiger partial charge in [0.05, 0.1) is 47.9 Å². The van der Waals surface area contributed by atoms with Gasteiger partial charge in [0.25, 0.3) is 0 Å². The average Bonchev–Trinajstić information content (AvgIpc) is 3.23. The van der Waals surface area contributed by atoms with Gasteiger partial charge in [0.2, 0.25) is 0 Å². The molecule has 0 aliphatic heterocycles. The molecule has 10 heteroatoms. The lowest BCUT2D eigenvalue weighted by Crippen LogP contribution is -2.22. The highest BCUT2D eigenvalue weighted by Crippen LogP contribution is 2.37. The first-order chi connectivity index (χ1) is 15.3. The second-order valence-corrected chi connectivity index (χ2v) is 7.49. The Morgan fingerprint density at radius 3 is 2.38 bits per heavy atom. The number of fused-ring (bicyclic) bond motifs is 3. The molecule has 5 rings (SSSR count). The number of halogens is 2. The standard InChI is InChI=1S/C22H18F2N6O2/c1-11-14(10-28(2)27-11)12-5-13-17(6-19(12)32-4)26-9-18-20(13)30(22(31)29(18)3)21-15(23)7-25-8-16(21)24/h5-10H,1-4H3. The van der Waals surface area contributed by atoms with Crippen molar-refractivity contribution in [3.63, 3.8) is 0 Å². The van der Waals surface area contributed by atoms with Gasteiger partial charge in [0, 0.05) is 42.9 Å². The van der Waals surface area contributed by atoms with E-state index in [1.54, 1.807) is 23.9 Å². The summed E-state index contributed by atoms with van der Waals surface area (Å²) in [4.78, 5) is 21.1. The van der Waals surface area contributed by atoms with Crippen molar-refractivity contribution in [3.8, 4) is 22.6 Å². The van der Waals surface area contributed by atoms with Gasteiger partial charge in [-0.3, -0.25) is 23.8 Å². The van der Waals surface area contributed by atoms with Gasteiger partial charge in [0.15, 0.2) is 11.6 Å². The SMILES string of the molecule is COc1cc2ncc3c(c2cc1-c1cn(C)nc1C)n(-c1c(F)cncc1F)c(=O)n3C. The van der Waals surface area contributed by atoms with Crippen LogP contribution in [0.3, 0.4) is 0 Å². The van der Waals surface area contributed by atoms with Crippen LogP contribution in [0.5, 0.6) is 5.75 Å². The second kappa shape index (κ2) is 6.98. The van der Waals surface area contributed by atoms with Gasteiger partial charge >= 0.3 is 5.69 Å². The van der Waals surface area contributed by atoms with E-state index >= 15 is 0 Å². The summed E-state index contributed by atoms with van der Waals surface area (Å²) in [6.07, 6.45) is 5.11. The summed E-state index contributed by atoms with van der Waals surface area (Å²) in [6, 6.07) is 3.54. The number of aryl methyl sites for hydroxylation is 3. The average molecular weight is 436 g/mol. The predicted octanol–water partition coefficient (Wildman–Crippen LogP) is 3.27. The highest BCUT2D eigenvalue weighted by atomic mass is 19.1. The summed E-state index contributed by atoms with van der Waals surface area (Å²) in [5.41, 5.74) is 2.50. The molecule has 5 aromatic rings. The normalized spacial score (nSPS) is 11.6. The lowest BCUT2D eigenvalue weighted by Gasteiger charge is -2.12. The monoisotopic (exact) mass is 436 g/mol. The molecule has 0 saturated heterocycles. The second-order valence-electron chi connectivity index (χ2n) is 7.49. The smallest absolute Gasteiger partial charge is 0.333 e. The van der Waals surface area contributed by atoms with E-state index < -0.39 is 23.0 Å². The number of imidazole rings is 1. The quantitative estimate of drug-likeness (QED) is 0.434. The number of ether oxygens (including phenoxy) is 1. The Kier molecular flexibility index (Phi) is 4.33. The molecule has 0 fully saturated rings. The van der Waals surface area contributed by atoms with E-state index in [-0.39, 0.29) is 0 Å². The van der Waals surface area contributed by atoms with E-state index in [9.17, 15) is 13.6 Å². The molecule has 0 saturated carbocycles. The highest BCUT2D eigenvalue weighted by Gasteiger charge is 2.23. The summed E-state index contributed by atoms with van der Waals surface area (Å²) in [5.74, 6) is -1.32. The zero-order valence-electron chi connectivity index (χ0n) is 17.7. The van der Waals surface area contributed by atoms with Gasteiger partial charge in [-0.25, -0.2) is 13.6 Å². The maximum Gasteiger partial charge on any atom is 0.333 e. The Labute approximate surface area is 180 Å². The first-order valence-corrected chi connectivity index (χ1v) is 9.70. The topological polar surface area (TPSA) is 79.8 Å². The number of hydrogen-bond acceptors (Lipinski definition) is 5. The highest BCUT2D eigenvalue weighted by molar-refractivity contribution is 6.05. The van der Waals surface area contributed by atoms with Crippen LogP contribution in [0, 0.1) is 18.6 Å². The molecule has 32 heavy (non-hydrogen) atoms. The van der Waals surface area contributed by atoms with Gasteiger partial charge in [-0.2, -0.15) is 5.10 Å². The molecular formula is C22H18F2N6O2. The van der Waals surface area contributed by atoms with Gasteiger partial charge in [-0.1, -0.05) is 0 Å². The minimum atomic E-state index is -0.943. The number of methoxy groups -OCH3 is 1. The molecule has 8 nitrogen and oxygen atoms in total. The Bertz CT molecular complexity index is 1580. The molecule has 162 valence electrons. The summed E-state index contributed by atoms with van der Waals surface area (Å²) in [5, 5.41) is 4.93. The maximum absolute atomic E-state index is 14.7. The lowest BCUT2D eigenvalue weighted by molar-refractivity contribution is 0.417. The van der Waals surface area contributed by atoms with E-state index in [0.717, 1.165) is 33.8 Å². The molecule has 0 atom stereocenters. The third kappa shape index (κ3) is 2.72. The largest absolute Gasteiger partial charge is 0.496 e. The third-order valence-electron chi connectivity index (χ3n) is 5.56. The Hall–Kier alpha value is -4.08. The summed E-state index contributed by atoms with van der Waals surface area (Å²) in [7, 11) is 4.89. The maximum atomic E-state index is 14.7. The molecule has 0 N–H and O–H groups in total. The summed E-state index contributed by atoms with van der Waals surface area (Å²) >= 11 is 0. The van der Waals surface area contributed by atoms with Crippen molar-refractivity contribution in [2.45, 2.75) is 6.92 Å². The molecule has 0 radical (unpaired) electrons. The van der Waals surface area contributed by atoms with E-state index in [0.29, 0.717) is 27.7 Å². The molecule has 0 aliphatic carbocycles. The summed E-state index contributed by atoms with van der Waals surface area (Å²) < 4.78 is 38.9. The zero-order chi connectivity index (χ0) is 22.7. The number of rotatable bonds is 3. The number of aromatic nitrogens is 6. The molecule has 0 bridgehead atoms. The van der Waals surface area contributed by atoms with E-state index in [4.69, 9.17) is 4.74 Å². The van der Waals surface area contributed by atoms with Crippen LogP contribution in [0.1, 0.15) is 5.69 Å². The minimum Gasteiger partial charge on any atom is -0.496 e. The fourth-order valence-electron chi connectivity index (χ4n) is 4.09. The van der Waals surface area contributed by atoms with Crippen molar-refractivity contribution < 1.29 is 13.5 Å². The van der Waals surface area contributed by atoms with Crippen LogP contribution < -0.4 is 10.4 Å². The van der Waals surface area contributed by atoms with Crippen LogP contribution in [0.15, 0.2) is 41.7 Å². The van der Waals surface area contributed by atoms with Crippen LogP contribution in [0.2, 0.25) is 0 Å². The molecule has 0 spiro atoms. The molecule has 1 aromatic carbocycles. The van der Waals surface area contributed by atoms with E-state index in [1.807, 2.05) is 20.2 Å². The fourth-order valence-corrected chi connectivity index (χ4v) is 4.09. The third-order valence-corrected chi connectivity index (χ3v) is 5.56. The van der Waals surface area contributed by atoms with Crippen molar-refractivity contribution in [2.24, 2.45) is 14.1 Å². The van der Waals surface area contributed by atoms with Gasteiger partial charge < -0.3 is 4.74 Å². The molecular weight excluding hydrogens is 418 g/mol. The van der Waals surface area contributed by atoms with Gasteiger partial charge in [0.1, 0.15) is 11.4 Å². The first kappa shape index (κ1) is 19.9. The van der Waals surface area contributed by atoms with Crippen LogP contribution in [-0.2, 0) is 14.1 Å². The van der Waals surface area contributed by atoms with Crippen molar-refractivity contribution >= 4 is 21.9 Å². The van der Waals surface area contributed by atoms with Crippen LogP contribution in [0.25, 0.3) is 38.8 Å². The van der Waals surface area contributed by atoms with Crippen molar-refractivity contribution in [2.75, 3.05) is 7.11 Å². The Balaban J connectivity index is 1.97. The molecule has 0 amide bonds. The first-order valence-electron chi connectivity index (χ1n) is 9.70. The van der Waals surface area contributed by atoms with Crippen molar-refractivity contribution in [1.29, 1.82) is 0 Å². The molecule has 4 heterocycles. The molecule has 0 aliphatic rings. The fraction of sp³-hybridized carbons (Fsp3) is 0.182. The lowest BCUT2D eigenvalue weighted by atomic mass is 10.0. The van der Waals surface area contributed by atoms with E-state index in [1.165, 1.54) is 17.8 Å². The van der Waals surface area contributed by atoms with Gasteiger partial charge in [-0.05, 0) is 13.0 Å². The number of benzene rings is 1. The Morgan fingerprint density at radius 2 is 1.75 bits per heavy atom. The number of pyridine rings is 2. The molecule has 0 unspecified atom stereocenters. The Morgan fingerprint density at radius 1 is 1.03 bits per heavy atom. The molecule has 4 aromatic heterocycles. The van der Waals surface area contributed by atoms with Crippen molar-refractivity contribution in [3.05, 3.63) is 64.7 Å². The number of nitrogens with zero attached hydrogens (tertiary/aromatic N) is 6. The number of hydrogen-bond donors (Lipinski definition) is 0. The zero-order valence-corrected chi connectivity index (χ0v) is 17.7. The van der Waals surface area contributed by atoms with E-state index in [2.05, 4.69) is 15.1 Å². The van der Waals surface area contributed by atoms with Crippen LogP contribution in [0.4, 0.5) is 8.78 Å². The van der Waals surface area contributed by atoms with Crippen molar-refractivity contribution in [1.82, 2.24) is 28.9 Å². The van der Waals surface area contributed by atoms with Gasteiger partial charge in [-0.15, -0.1) is 0 Å². The minimum absolute atomic E-state index is 0.331. The summed E-state index contributed by atoms with van der Waals surface area (Å²) in [6.45, 7) is 1.87. The predicted molar refractivity (Wildman–Crippen MR) is 115 cm³/mol. The van der Waals surface area contributed by atoms with Crippen LogP contribution in [-0.4, -0.2) is 36.0 Å².